The van der Waals surface area contributed by atoms with Crippen LogP contribution in [0.15, 0.2) is 91.0 Å². The monoisotopic (exact) mass is 476 g/mol. The Hall–Kier alpha value is -4.38. The molecule has 0 unspecified atom stereocenters. The van der Waals surface area contributed by atoms with E-state index in [9.17, 15) is 9.59 Å². The topological polar surface area (TPSA) is 61.8 Å². The summed E-state index contributed by atoms with van der Waals surface area (Å²) in [5.74, 6) is -0.290. The Morgan fingerprint density at radius 1 is 0.833 bits per heavy atom. The Labute approximate surface area is 208 Å². The molecule has 0 atom stereocenters. The average Bonchev–Trinajstić information content (AvgIpc) is 3.73. The third kappa shape index (κ3) is 3.73. The van der Waals surface area contributed by atoms with Crippen molar-refractivity contribution in [2.24, 2.45) is 0 Å². The molecule has 6 rings (SSSR count). The number of rotatable bonds is 5. The van der Waals surface area contributed by atoms with Gasteiger partial charge in [-0.05, 0) is 25.0 Å². The smallest absolute Gasteiger partial charge is 0.343 e. The van der Waals surface area contributed by atoms with Crippen LogP contribution in [0.4, 0.5) is 0 Å². The van der Waals surface area contributed by atoms with Gasteiger partial charge in [0, 0.05) is 34.4 Å². The van der Waals surface area contributed by atoms with E-state index in [4.69, 9.17) is 14.2 Å². The number of benzene rings is 4. The van der Waals surface area contributed by atoms with Gasteiger partial charge < -0.3 is 14.2 Å². The molecule has 4 aromatic carbocycles. The second-order valence-corrected chi connectivity index (χ2v) is 9.09. The zero-order valence-electron chi connectivity index (χ0n) is 19.8. The van der Waals surface area contributed by atoms with E-state index in [2.05, 4.69) is 0 Å². The van der Waals surface area contributed by atoms with Crippen molar-refractivity contribution in [3.05, 3.63) is 113 Å². The van der Waals surface area contributed by atoms with E-state index < -0.39 is 17.5 Å². The minimum Gasteiger partial charge on any atom is -0.472 e. The quantitative estimate of drug-likeness (QED) is 0.245. The molecule has 1 aliphatic carbocycles. The Bertz CT molecular complexity index is 1460. The van der Waals surface area contributed by atoms with Crippen LogP contribution in [-0.4, -0.2) is 18.0 Å². The lowest BCUT2D eigenvalue weighted by Gasteiger charge is -2.37. The molecule has 0 spiro atoms. The van der Waals surface area contributed by atoms with Gasteiger partial charge in [0.1, 0.15) is 17.4 Å². The first-order valence-corrected chi connectivity index (χ1v) is 12.0. The lowest BCUT2D eigenvalue weighted by atomic mass is 9.82. The van der Waals surface area contributed by atoms with Gasteiger partial charge in [-0.1, -0.05) is 84.9 Å². The highest BCUT2D eigenvalue weighted by molar-refractivity contribution is 6.09. The molecule has 1 heterocycles. The molecule has 4 aromatic rings. The van der Waals surface area contributed by atoms with Crippen LogP contribution in [0.3, 0.4) is 0 Å². The highest BCUT2D eigenvalue weighted by atomic mass is 16.6. The van der Waals surface area contributed by atoms with Gasteiger partial charge in [-0.3, -0.25) is 4.79 Å². The summed E-state index contributed by atoms with van der Waals surface area (Å²) >= 11 is 0. The number of hydrogen-bond donors (Lipinski definition) is 0. The van der Waals surface area contributed by atoms with Crippen molar-refractivity contribution < 1.29 is 23.8 Å². The maximum absolute atomic E-state index is 13.4. The van der Waals surface area contributed by atoms with Crippen molar-refractivity contribution in [1.82, 2.24) is 0 Å². The minimum absolute atomic E-state index is 0.106. The molecular weight excluding hydrogens is 452 g/mol. The second kappa shape index (κ2) is 8.68. The highest BCUT2D eigenvalue weighted by Gasteiger charge is 2.40. The molecular formula is C31H24O5. The summed E-state index contributed by atoms with van der Waals surface area (Å²) in [6, 6.07) is 27.5. The SMILES string of the molecule is CC(=O)Oc1c(C(=O)OC2CC2)c2c(c3ccccc13)OC(c1ccccc1)(c1ccccc1)C=C2. The molecule has 1 aliphatic heterocycles. The van der Waals surface area contributed by atoms with Crippen LogP contribution >= 0.6 is 0 Å². The van der Waals surface area contributed by atoms with Crippen LogP contribution in [0.5, 0.6) is 11.5 Å². The average molecular weight is 477 g/mol. The number of fused-ring (bicyclic) bond motifs is 3. The van der Waals surface area contributed by atoms with Gasteiger partial charge in [0.25, 0.3) is 0 Å². The number of carbonyl (C=O) groups is 2. The van der Waals surface area contributed by atoms with Gasteiger partial charge in [0.15, 0.2) is 11.4 Å². The first kappa shape index (κ1) is 22.1. The van der Waals surface area contributed by atoms with Crippen LogP contribution < -0.4 is 9.47 Å². The van der Waals surface area contributed by atoms with Crippen LogP contribution in [-0.2, 0) is 15.1 Å². The molecule has 0 aromatic heterocycles. The highest BCUT2D eigenvalue weighted by Crippen LogP contribution is 2.49. The number of ether oxygens (including phenoxy) is 3. The third-order valence-electron chi connectivity index (χ3n) is 6.56. The first-order valence-electron chi connectivity index (χ1n) is 12.0. The van der Waals surface area contributed by atoms with E-state index in [1.54, 1.807) is 0 Å². The molecule has 0 radical (unpaired) electrons. The summed E-state index contributed by atoms with van der Waals surface area (Å²) in [5, 5.41) is 1.35. The Balaban J connectivity index is 1.64. The van der Waals surface area contributed by atoms with Crippen molar-refractivity contribution in [1.29, 1.82) is 0 Å². The molecule has 1 fully saturated rings. The van der Waals surface area contributed by atoms with E-state index in [0.717, 1.165) is 29.4 Å². The lowest BCUT2D eigenvalue weighted by Crippen LogP contribution is -2.34. The normalized spacial score (nSPS) is 15.6. The predicted molar refractivity (Wildman–Crippen MR) is 137 cm³/mol. The molecule has 2 aliphatic rings. The summed E-state index contributed by atoms with van der Waals surface area (Å²) in [6.45, 7) is 1.33. The maximum Gasteiger partial charge on any atom is 0.343 e. The molecule has 0 amide bonds. The zero-order chi connectivity index (χ0) is 24.7. The maximum atomic E-state index is 13.4. The van der Waals surface area contributed by atoms with Gasteiger partial charge in [-0.25, -0.2) is 4.79 Å². The molecule has 0 bridgehead atoms. The van der Waals surface area contributed by atoms with Crippen molar-refractivity contribution >= 4 is 28.8 Å². The molecule has 178 valence electrons. The summed E-state index contributed by atoms with van der Waals surface area (Å²) in [4.78, 5) is 25.5. The van der Waals surface area contributed by atoms with Crippen LogP contribution in [0, 0.1) is 0 Å². The zero-order valence-corrected chi connectivity index (χ0v) is 19.8. The molecule has 0 N–H and O–H groups in total. The van der Waals surface area contributed by atoms with E-state index in [1.807, 2.05) is 97.1 Å². The first-order chi connectivity index (χ1) is 17.6. The lowest BCUT2D eigenvalue weighted by molar-refractivity contribution is -0.131. The van der Waals surface area contributed by atoms with Crippen molar-refractivity contribution in [3.8, 4) is 11.5 Å². The van der Waals surface area contributed by atoms with Gasteiger partial charge in [0.2, 0.25) is 0 Å². The van der Waals surface area contributed by atoms with Crippen molar-refractivity contribution in [3.63, 3.8) is 0 Å². The number of carbonyl (C=O) groups excluding carboxylic acids is 2. The van der Waals surface area contributed by atoms with Gasteiger partial charge in [-0.2, -0.15) is 0 Å². The molecule has 36 heavy (non-hydrogen) atoms. The molecule has 1 saturated carbocycles. The summed E-state index contributed by atoms with van der Waals surface area (Å²) < 4.78 is 18.3. The summed E-state index contributed by atoms with van der Waals surface area (Å²) in [6.07, 6.45) is 5.41. The fourth-order valence-electron chi connectivity index (χ4n) is 4.76. The van der Waals surface area contributed by atoms with E-state index >= 15 is 0 Å². The van der Waals surface area contributed by atoms with Crippen LogP contribution in [0.2, 0.25) is 0 Å². The molecule has 5 nitrogen and oxygen atoms in total. The van der Waals surface area contributed by atoms with E-state index in [0.29, 0.717) is 16.7 Å². The number of esters is 2. The largest absolute Gasteiger partial charge is 0.472 e. The fourth-order valence-corrected chi connectivity index (χ4v) is 4.76. The Morgan fingerprint density at radius 3 is 2.00 bits per heavy atom. The van der Waals surface area contributed by atoms with Crippen molar-refractivity contribution in [2.75, 3.05) is 0 Å². The van der Waals surface area contributed by atoms with Crippen molar-refractivity contribution in [2.45, 2.75) is 31.5 Å². The van der Waals surface area contributed by atoms with E-state index in [1.165, 1.54) is 6.92 Å². The molecule has 5 heteroatoms. The Morgan fingerprint density at radius 2 is 1.42 bits per heavy atom. The van der Waals surface area contributed by atoms with Gasteiger partial charge in [-0.15, -0.1) is 0 Å². The second-order valence-electron chi connectivity index (χ2n) is 9.09. The van der Waals surface area contributed by atoms with Gasteiger partial charge >= 0.3 is 11.9 Å². The van der Waals surface area contributed by atoms with E-state index in [-0.39, 0.29) is 17.4 Å². The summed E-state index contributed by atoms with van der Waals surface area (Å²) in [5.41, 5.74) is 1.73. The summed E-state index contributed by atoms with van der Waals surface area (Å²) in [7, 11) is 0. The fraction of sp³-hybridized carbons (Fsp3) is 0.161. The minimum atomic E-state index is -0.918. The van der Waals surface area contributed by atoms with Gasteiger partial charge in [0.05, 0.1) is 0 Å². The third-order valence-corrected chi connectivity index (χ3v) is 6.56. The van der Waals surface area contributed by atoms with Crippen LogP contribution in [0.1, 0.15) is 46.8 Å². The Kier molecular flexibility index (Phi) is 5.33. The number of hydrogen-bond acceptors (Lipinski definition) is 5. The standard InChI is InChI=1S/C31H24O5/c1-20(32)34-29-25-15-9-8-14-24(25)28-26(27(29)30(33)35-23-16-17-23)18-19-31(36-28,21-10-4-2-5-11-21)22-12-6-3-7-13-22/h2-15,18-19,23H,16-17H2,1H3. The van der Waals surface area contributed by atoms with Crippen LogP contribution in [0.25, 0.3) is 16.8 Å². The predicted octanol–water partition coefficient (Wildman–Crippen LogP) is 6.43. The molecule has 0 saturated heterocycles.